The van der Waals surface area contributed by atoms with Crippen molar-refractivity contribution in [1.82, 2.24) is 9.97 Å². The van der Waals surface area contributed by atoms with Gasteiger partial charge >= 0.3 is 0 Å². The van der Waals surface area contributed by atoms with Gasteiger partial charge in [-0.2, -0.15) is 0 Å². The molecule has 2 fully saturated rings. The maximum atomic E-state index is 5.91. The standard InChI is InChI=1S/C11H14ClN3/c12-9-5-8(14-11(13)15-9)10(6-1-2-6)7-3-4-7/h5-7,10H,1-4H2,(H2,13,14,15). The fraction of sp³-hybridized carbons (Fsp3) is 0.636. The summed E-state index contributed by atoms with van der Waals surface area (Å²) < 4.78 is 0. The number of nitrogen functional groups attached to an aromatic ring is 1. The molecule has 2 aliphatic carbocycles. The number of hydrogen-bond donors (Lipinski definition) is 1. The minimum absolute atomic E-state index is 0.309. The summed E-state index contributed by atoms with van der Waals surface area (Å²) in [6, 6.07) is 1.89. The maximum absolute atomic E-state index is 5.91. The van der Waals surface area contributed by atoms with E-state index in [0.29, 0.717) is 17.0 Å². The lowest BCUT2D eigenvalue weighted by Gasteiger charge is -2.14. The molecule has 3 nitrogen and oxygen atoms in total. The van der Waals surface area contributed by atoms with E-state index in [2.05, 4.69) is 9.97 Å². The lowest BCUT2D eigenvalue weighted by atomic mass is 9.94. The van der Waals surface area contributed by atoms with E-state index in [1.54, 1.807) is 0 Å². The molecule has 0 saturated heterocycles. The lowest BCUT2D eigenvalue weighted by molar-refractivity contribution is 0.524. The van der Waals surface area contributed by atoms with Gasteiger partial charge in [-0.15, -0.1) is 0 Å². The summed E-state index contributed by atoms with van der Waals surface area (Å²) in [7, 11) is 0. The maximum Gasteiger partial charge on any atom is 0.221 e. The first-order valence-corrected chi connectivity index (χ1v) is 5.92. The zero-order valence-corrected chi connectivity index (χ0v) is 9.24. The second kappa shape index (κ2) is 3.34. The van der Waals surface area contributed by atoms with Gasteiger partial charge in [0, 0.05) is 5.92 Å². The van der Waals surface area contributed by atoms with Crippen molar-refractivity contribution < 1.29 is 0 Å². The largest absolute Gasteiger partial charge is 0.368 e. The lowest BCUT2D eigenvalue weighted by Crippen LogP contribution is -2.09. The first-order valence-electron chi connectivity index (χ1n) is 5.54. The number of hydrogen-bond acceptors (Lipinski definition) is 3. The SMILES string of the molecule is Nc1nc(Cl)cc(C(C2CC2)C2CC2)n1. The molecule has 0 unspecified atom stereocenters. The monoisotopic (exact) mass is 223 g/mol. The van der Waals surface area contributed by atoms with Gasteiger partial charge < -0.3 is 5.73 Å². The highest BCUT2D eigenvalue weighted by Crippen LogP contribution is 2.54. The fourth-order valence-corrected chi connectivity index (χ4v) is 2.60. The predicted octanol–water partition coefficient (Wildman–Crippen LogP) is 2.62. The van der Waals surface area contributed by atoms with Crippen molar-refractivity contribution in [3.8, 4) is 0 Å². The van der Waals surface area contributed by atoms with Gasteiger partial charge in [0.25, 0.3) is 0 Å². The molecule has 80 valence electrons. The molecule has 4 heteroatoms. The molecule has 0 amide bonds. The third kappa shape index (κ3) is 1.93. The number of nitrogens with zero attached hydrogens (tertiary/aromatic N) is 2. The molecule has 0 atom stereocenters. The summed E-state index contributed by atoms with van der Waals surface area (Å²) in [6.07, 6.45) is 5.34. The second-order valence-electron chi connectivity index (χ2n) is 4.67. The summed E-state index contributed by atoms with van der Waals surface area (Å²) in [5, 5.41) is 0.476. The van der Waals surface area contributed by atoms with Crippen LogP contribution in [0.1, 0.15) is 37.3 Å². The highest BCUT2D eigenvalue weighted by Gasteiger charge is 2.43. The van der Waals surface area contributed by atoms with Crippen LogP contribution >= 0.6 is 11.6 Å². The number of halogens is 1. The molecule has 3 rings (SSSR count). The minimum Gasteiger partial charge on any atom is -0.368 e. The smallest absolute Gasteiger partial charge is 0.221 e. The third-order valence-corrected chi connectivity index (χ3v) is 3.53. The molecule has 0 radical (unpaired) electrons. The van der Waals surface area contributed by atoms with Crippen molar-refractivity contribution in [3.63, 3.8) is 0 Å². The number of nitrogens with two attached hydrogens (primary N) is 1. The minimum atomic E-state index is 0.309. The first kappa shape index (κ1) is 9.40. The molecule has 1 aromatic rings. The van der Waals surface area contributed by atoms with E-state index in [-0.39, 0.29) is 0 Å². The highest BCUT2D eigenvalue weighted by atomic mass is 35.5. The van der Waals surface area contributed by atoms with Crippen LogP contribution in [0.3, 0.4) is 0 Å². The van der Waals surface area contributed by atoms with E-state index >= 15 is 0 Å². The Kier molecular flexibility index (Phi) is 2.09. The first-order chi connectivity index (χ1) is 7.24. The molecule has 0 spiro atoms. The average molecular weight is 224 g/mol. The third-order valence-electron chi connectivity index (χ3n) is 3.33. The summed E-state index contributed by atoms with van der Waals surface area (Å²) in [4.78, 5) is 8.25. The summed E-state index contributed by atoms with van der Waals surface area (Å²) in [6.45, 7) is 0. The van der Waals surface area contributed by atoms with E-state index in [1.165, 1.54) is 25.7 Å². The van der Waals surface area contributed by atoms with Gasteiger partial charge in [0.1, 0.15) is 5.15 Å². The van der Waals surface area contributed by atoms with E-state index < -0.39 is 0 Å². The van der Waals surface area contributed by atoms with Crippen molar-refractivity contribution in [2.75, 3.05) is 5.73 Å². The Morgan fingerprint density at radius 1 is 1.20 bits per heavy atom. The average Bonchev–Trinajstić information content (AvgIpc) is 2.95. The molecule has 0 bridgehead atoms. The molecule has 1 aromatic heterocycles. The number of anilines is 1. The van der Waals surface area contributed by atoms with Gasteiger partial charge in [-0.25, -0.2) is 9.97 Å². The van der Waals surface area contributed by atoms with Crippen molar-refractivity contribution in [1.29, 1.82) is 0 Å². The van der Waals surface area contributed by atoms with Crippen LogP contribution in [0.2, 0.25) is 5.15 Å². The van der Waals surface area contributed by atoms with Crippen molar-refractivity contribution in [3.05, 3.63) is 16.9 Å². The Hall–Kier alpha value is -0.830. The Labute approximate surface area is 94.1 Å². The molecule has 0 aliphatic heterocycles. The normalized spacial score (nSPS) is 20.9. The molecular formula is C11H14ClN3. The van der Waals surface area contributed by atoms with Gasteiger partial charge in [-0.3, -0.25) is 0 Å². The Morgan fingerprint density at radius 2 is 1.80 bits per heavy atom. The van der Waals surface area contributed by atoms with Crippen LogP contribution in [0.25, 0.3) is 0 Å². The Morgan fingerprint density at radius 3 is 2.27 bits per heavy atom. The predicted molar refractivity (Wildman–Crippen MR) is 59.6 cm³/mol. The van der Waals surface area contributed by atoms with Crippen LogP contribution in [0.5, 0.6) is 0 Å². The molecule has 2 aliphatic rings. The molecule has 1 heterocycles. The van der Waals surface area contributed by atoms with Crippen molar-refractivity contribution >= 4 is 17.5 Å². The highest BCUT2D eigenvalue weighted by molar-refractivity contribution is 6.29. The van der Waals surface area contributed by atoms with Crippen LogP contribution in [-0.2, 0) is 0 Å². The van der Waals surface area contributed by atoms with Crippen LogP contribution in [-0.4, -0.2) is 9.97 Å². The van der Waals surface area contributed by atoms with Crippen LogP contribution in [0.15, 0.2) is 6.07 Å². The summed E-state index contributed by atoms with van der Waals surface area (Å²) >= 11 is 5.91. The molecule has 2 N–H and O–H groups in total. The molecular weight excluding hydrogens is 210 g/mol. The zero-order valence-electron chi connectivity index (χ0n) is 8.49. The number of rotatable bonds is 3. The van der Waals surface area contributed by atoms with Gasteiger partial charge in [0.15, 0.2) is 0 Å². The Bertz CT molecular complexity index is 353. The topological polar surface area (TPSA) is 51.8 Å². The quantitative estimate of drug-likeness (QED) is 0.802. The van der Waals surface area contributed by atoms with Crippen LogP contribution < -0.4 is 5.73 Å². The molecule has 15 heavy (non-hydrogen) atoms. The number of aromatic nitrogens is 2. The zero-order chi connectivity index (χ0) is 10.4. The van der Waals surface area contributed by atoms with Gasteiger partial charge in [0.2, 0.25) is 5.95 Å². The van der Waals surface area contributed by atoms with E-state index in [4.69, 9.17) is 17.3 Å². The van der Waals surface area contributed by atoms with Crippen molar-refractivity contribution in [2.45, 2.75) is 31.6 Å². The van der Waals surface area contributed by atoms with E-state index in [1.807, 2.05) is 6.07 Å². The second-order valence-corrected chi connectivity index (χ2v) is 5.06. The summed E-state index contributed by atoms with van der Waals surface area (Å²) in [5.41, 5.74) is 6.70. The van der Waals surface area contributed by atoms with Crippen LogP contribution in [0.4, 0.5) is 5.95 Å². The van der Waals surface area contributed by atoms with Crippen molar-refractivity contribution in [2.24, 2.45) is 11.8 Å². The molecule has 2 saturated carbocycles. The summed E-state index contributed by atoms with van der Waals surface area (Å²) in [5.74, 6) is 2.54. The van der Waals surface area contributed by atoms with E-state index in [0.717, 1.165) is 17.5 Å². The molecule has 0 aromatic carbocycles. The van der Waals surface area contributed by atoms with Gasteiger partial charge in [-0.1, -0.05) is 11.6 Å². The van der Waals surface area contributed by atoms with Gasteiger partial charge in [-0.05, 0) is 43.6 Å². The fourth-order valence-electron chi connectivity index (χ4n) is 2.40. The van der Waals surface area contributed by atoms with Gasteiger partial charge in [0.05, 0.1) is 5.69 Å². The Balaban J connectivity index is 1.94. The van der Waals surface area contributed by atoms with E-state index in [9.17, 15) is 0 Å². The van der Waals surface area contributed by atoms with Crippen LogP contribution in [0, 0.1) is 11.8 Å².